The first-order chi connectivity index (χ1) is 8.90. The van der Waals surface area contributed by atoms with Gasteiger partial charge in [0.1, 0.15) is 0 Å². The number of hydrogen-bond donors (Lipinski definition) is 2. The van der Waals surface area contributed by atoms with Crippen molar-refractivity contribution in [2.24, 2.45) is 0 Å². The molecule has 19 heavy (non-hydrogen) atoms. The van der Waals surface area contributed by atoms with E-state index in [0.717, 1.165) is 6.26 Å². The van der Waals surface area contributed by atoms with Gasteiger partial charge in [0.2, 0.25) is 10.0 Å². The molecule has 0 aromatic carbocycles. The van der Waals surface area contributed by atoms with Crippen molar-refractivity contribution < 1.29 is 17.9 Å². The number of carbonyl (C=O) groups excluding carboxylic acids is 1. The molecule has 1 aromatic rings. The fourth-order valence-corrected chi connectivity index (χ4v) is 2.45. The van der Waals surface area contributed by atoms with Crippen molar-refractivity contribution in [1.82, 2.24) is 9.71 Å². The monoisotopic (exact) mass is 307 g/mol. The summed E-state index contributed by atoms with van der Waals surface area (Å²) >= 11 is 1.36. The molecule has 0 fully saturated rings. The van der Waals surface area contributed by atoms with Crippen molar-refractivity contribution in [2.75, 3.05) is 31.3 Å². The molecule has 0 amide bonds. The minimum absolute atomic E-state index is 0.146. The van der Waals surface area contributed by atoms with E-state index in [2.05, 4.69) is 15.0 Å². The van der Waals surface area contributed by atoms with Crippen LogP contribution in [-0.2, 0) is 26.0 Å². The molecule has 0 radical (unpaired) electrons. The van der Waals surface area contributed by atoms with Gasteiger partial charge in [-0.25, -0.2) is 18.1 Å². The number of ether oxygens (including phenoxy) is 1. The minimum Gasteiger partial charge on any atom is -0.466 e. The van der Waals surface area contributed by atoms with Gasteiger partial charge in [-0.1, -0.05) is 0 Å². The van der Waals surface area contributed by atoms with Crippen LogP contribution in [0.3, 0.4) is 0 Å². The standard InChI is InChI=1S/C10H17N3O4S2/c1-3-17-9(14)6-8-7-18-10(13-8)11-4-5-12-19(2,15)16/h7,12H,3-6H2,1-2H3,(H,11,13). The highest BCUT2D eigenvalue weighted by atomic mass is 32.2. The Labute approximate surface area is 116 Å². The lowest BCUT2D eigenvalue weighted by Gasteiger charge is -2.03. The number of aromatic nitrogens is 1. The summed E-state index contributed by atoms with van der Waals surface area (Å²) in [7, 11) is -3.16. The third-order valence-electron chi connectivity index (χ3n) is 1.95. The molecule has 7 nitrogen and oxygen atoms in total. The first kappa shape index (κ1) is 15.9. The Kier molecular flexibility index (Phi) is 6.19. The van der Waals surface area contributed by atoms with Gasteiger partial charge in [0.25, 0.3) is 0 Å². The van der Waals surface area contributed by atoms with Crippen LogP contribution in [0.4, 0.5) is 5.13 Å². The normalized spacial score (nSPS) is 11.3. The van der Waals surface area contributed by atoms with Gasteiger partial charge in [-0.05, 0) is 6.92 Å². The van der Waals surface area contributed by atoms with Gasteiger partial charge in [-0.3, -0.25) is 4.79 Å². The molecule has 0 unspecified atom stereocenters. The number of rotatable bonds is 8. The smallest absolute Gasteiger partial charge is 0.311 e. The van der Waals surface area contributed by atoms with Crippen LogP contribution in [0, 0.1) is 0 Å². The van der Waals surface area contributed by atoms with Crippen LogP contribution >= 0.6 is 11.3 Å². The van der Waals surface area contributed by atoms with Crippen LogP contribution in [0.15, 0.2) is 5.38 Å². The van der Waals surface area contributed by atoms with Crippen LogP contribution in [0.25, 0.3) is 0 Å². The van der Waals surface area contributed by atoms with Gasteiger partial charge in [0, 0.05) is 18.5 Å². The molecular weight excluding hydrogens is 290 g/mol. The zero-order valence-corrected chi connectivity index (χ0v) is 12.4. The maximum Gasteiger partial charge on any atom is 0.311 e. The maximum atomic E-state index is 11.2. The number of thiazole rings is 1. The lowest BCUT2D eigenvalue weighted by Crippen LogP contribution is -2.27. The van der Waals surface area contributed by atoms with Gasteiger partial charge >= 0.3 is 5.97 Å². The predicted octanol–water partition coefficient (Wildman–Crippen LogP) is 0.210. The number of nitrogens with zero attached hydrogens (tertiary/aromatic N) is 1. The van der Waals surface area contributed by atoms with Crippen molar-refractivity contribution in [3.8, 4) is 0 Å². The van der Waals surface area contributed by atoms with E-state index in [1.165, 1.54) is 11.3 Å². The molecule has 2 N–H and O–H groups in total. The van der Waals surface area contributed by atoms with Gasteiger partial charge in [-0.2, -0.15) is 0 Å². The van der Waals surface area contributed by atoms with Gasteiger partial charge in [0.05, 0.1) is 25.0 Å². The Hall–Kier alpha value is -1.19. The van der Waals surface area contributed by atoms with Crippen molar-refractivity contribution in [1.29, 1.82) is 0 Å². The molecule has 0 saturated carbocycles. The number of hydrogen-bond acceptors (Lipinski definition) is 7. The third kappa shape index (κ3) is 7.09. The molecule has 0 bridgehead atoms. The van der Waals surface area contributed by atoms with Crippen LogP contribution in [0.1, 0.15) is 12.6 Å². The lowest BCUT2D eigenvalue weighted by atomic mass is 10.3. The Morgan fingerprint density at radius 2 is 2.21 bits per heavy atom. The third-order valence-corrected chi connectivity index (χ3v) is 3.53. The first-order valence-corrected chi connectivity index (χ1v) is 8.46. The Bertz CT molecular complexity index is 513. The fraction of sp³-hybridized carbons (Fsp3) is 0.600. The van der Waals surface area contributed by atoms with Crippen LogP contribution in [0.2, 0.25) is 0 Å². The van der Waals surface area contributed by atoms with Crippen LogP contribution < -0.4 is 10.0 Å². The highest BCUT2D eigenvalue weighted by Crippen LogP contribution is 2.15. The molecule has 108 valence electrons. The first-order valence-electron chi connectivity index (χ1n) is 5.69. The average Bonchev–Trinajstić information content (AvgIpc) is 2.71. The van der Waals surface area contributed by atoms with E-state index in [0.29, 0.717) is 24.0 Å². The van der Waals surface area contributed by atoms with E-state index in [1.54, 1.807) is 12.3 Å². The molecule has 0 saturated heterocycles. The Morgan fingerprint density at radius 1 is 1.47 bits per heavy atom. The second-order valence-electron chi connectivity index (χ2n) is 3.72. The molecule has 0 aliphatic heterocycles. The Balaban J connectivity index is 2.32. The van der Waals surface area contributed by atoms with E-state index >= 15 is 0 Å². The second kappa shape index (κ2) is 7.41. The molecule has 1 rings (SSSR count). The topological polar surface area (TPSA) is 97.4 Å². The summed E-state index contributed by atoms with van der Waals surface area (Å²) in [6.07, 6.45) is 1.25. The van der Waals surface area contributed by atoms with E-state index in [4.69, 9.17) is 4.74 Å². The highest BCUT2D eigenvalue weighted by molar-refractivity contribution is 7.88. The van der Waals surface area contributed by atoms with Crippen LogP contribution in [0.5, 0.6) is 0 Å². The molecule has 9 heteroatoms. The lowest BCUT2D eigenvalue weighted by molar-refractivity contribution is -0.142. The molecule has 1 aromatic heterocycles. The number of esters is 1. The number of nitrogens with one attached hydrogen (secondary N) is 2. The molecule has 0 atom stereocenters. The summed E-state index contributed by atoms with van der Waals surface area (Å²) in [5.74, 6) is -0.307. The fourth-order valence-electron chi connectivity index (χ4n) is 1.24. The van der Waals surface area contributed by atoms with Gasteiger partial charge in [0.15, 0.2) is 5.13 Å². The van der Waals surface area contributed by atoms with Crippen LogP contribution in [-0.4, -0.2) is 45.3 Å². The largest absolute Gasteiger partial charge is 0.466 e. The maximum absolute atomic E-state index is 11.2. The van der Waals surface area contributed by atoms with E-state index < -0.39 is 10.0 Å². The minimum atomic E-state index is -3.16. The van der Waals surface area contributed by atoms with Crippen molar-refractivity contribution in [2.45, 2.75) is 13.3 Å². The average molecular weight is 307 g/mol. The van der Waals surface area contributed by atoms with Crippen molar-refractivity contribution in [3.63, 3.8) is 0 Å². The van der Waals surface area contributed by atoms with Crippen molar-refractivity contribution in [3.05, 3.63) is 11.1 Å². The summed E-state index contributed by atoms with van der Waals surface area (Å²) < 4.78 is 28.8. The second-order valence-corrected chi connectivity index (χ2v) is 6.41. The van der Waals surface area contributed by atoms with Gasteiger partial charge in [-0.15, -0.1) is 11.3 Å². The number of anilines is 1. The molecule has 0 aliphatic rings. The highest BCUT2D eigenvalue weighted by Gasteiger charge is 2.08. The Morgan fingerprint density at radius 3 is 2.84 bits per heavy atom. The zero-order valence-electron chi connectivity index (χ0n) is 10.8. The van der Waals surface area contributed by atoms with Gasteiger partial charge < -0.3 is 10.1 Å². The summed E-state index contributed by atoms with van der Waals surface area (Å²) in [5, 5.41) is 5.39. The SMILES string of the molecule is CCOC(=O)Cc1csc(NCCNS(C)(=O)=O)n1. The van der Waals surface area contributed by atoms with E-state index in [9.17, 15) is 13.2 Å². The molecule has 0 spiro atoms. The predicted molar refractivity (Wildman–Crippen MR) is 73.8 cm³/mol. The molecule has 0 aliphatic carbocycles. The summed E-state index contributed by atoms with van der Waals surface area (Å²) in [6.45, 7) is 2.82. The molecular formula is C10H17N3O4S2. The quantitative estimate of drug-likeness (QED) is 0.526. The number of carbonyl (C=O) groups is 1. The zero-order chi connectivity index (χ0) is 14.3. The van der Waals surface area contributed by atoms with Crippen molar-refractivity contribution >= 4 is 32.5 Å². The number of sulfonamides is 1. The summed E-state index contributed by atoms with van der Waals surface area (Å²) in [5.41, 5.74) is 0.641. The molecule has 1 heterocycles. The summed E-state index contributed by atoms with van der Waals surface area (Å²) in [6, 6.07) is 0. The summed E-state index contributed by atoms with van der Waals surface area (Å²) in [4.78, 5) is 15.4. The van der Waals surface area contributed by atoms with E-state index in [1.807, 2.05) is 0 Å². The van der Waals surface area contributed by atoms with E-state index in [-0.39, 0.29) is 18.9 Å².